The average molecular weight is 362 g/mol. The molecular formula is C19H20ClNO4. The van der Waals surface area contributed by atoms with Crippen LogP contribution in [-0.4, -0.2) is 37.5 Å². The molecule has 2 aromatic carbocycles. The molecule has 2 rings (SSSR count). The van der Waals surface area contributed by atoms with Gasteiger partial charge in [-0.3, -0.25) is 9.59 Å². The Morgan fingerprint density at radius 1 is 0.960 bits per heavy atom. The first-order chi connectivity index (χ1) is 12.0. The molecule has 0 aromatic heterocycles. The van der Waals surface area contributed by atoms with Gasteiger partial charge in [0.2, 0.25) is 0 Å². The SMILES string of the molecule is COCc1ccc(C(=O)N(CC(=O)OC)Cc2ccc(Cl)cc2)cc1. The Labute approximate surface area is 152 Å². The molecule has 0 saturated heterocycles. The fourth-order valence-electron chi connectivity index (χ4n) is 2.32. The lowest BCUT2D eigenvalue weighted by atomic mass is 10.1. The molecule has 0 aliphatic carbocycles. The minimum Gasteiger partial charge on any atom is -0.468 e. The summed E-state index contributed by atoms with van der Waals surface area (Å²) in [5.41, 5.74) is 2.34. The molecule has 0 N–H and O–H groups in total. The molecule has 0 bridgehead atoms. The van der Waals surface area contributed by atoms with Crippen molar-refractivity contribution in [3.63, 3.8) is 0 Å². The van der Waals surface area contributed by atoms with Crippen LogP contribution in [0.5, 0.6) is 0 Å². The Balaban J connectivity index is 2.19. The van der Waals surface area contributed by atoms with E-state index in [9.17, 15) is 9.59 Å². The van der Waals surface area contributed by atoms with E-state index >= 15 is 0 Å². The molecule has 0 aliphatic rings. The third-order valence-electron chi connectivity index (χ3n) is 3.63. The third-order valence-corrected chi connectivity index (χ3v) is 3.89. The lowest BCUT2D eigenvalue weighted by Crippen LogP contribution is -2.35. The van der Waals surface area contributed by atoms with Crippen LogP contribution in [-0.2, 0) is 27.4 Å². The number of benzene rings is 2. The summed E-state index contributed by atoms with van der Waals surface area (Å²) in [7, 11) is 2.91. The summed E-state index contributed by atoms with van der Waals surface area (Å²) in [5.74, 6) is -0.720. The monoisotopic (exact) mass is 361 g/mol. The topological polar surface area (TPSA) is 55.8 Å². The van der Waals surface area contributed by atoms with Crippen molar-refractivity contribution >= 4 is 23.5 Å². The zero-order valence-electron chi connectivity index (χ0n) is 14.2. The van der Waals surface area contributed by atoms with E-state index in [0.717, 1.165) is 11.1 Å². The van der Waals surface area contributed by atoms with Crippen molar-refractivity contribution < 1.29 is 19.1 Å². The lowest BCUT2D eigenvalue weighted by Gasteiger charge is -2.22. The van der Waals surface area contributed by atoms with Crippen LogP contribution in [0.2, 0.25) is 5.02 Å². The van der Waals surface area contributed by atoms with Crippen molar-refractivity contribution in [2.24, 2.45) is 0 Å². The van der Waals surface area contributed by atoms with E-state index < -0.39 is 5.97 Å². The highest BCUT2D eigenvalue weighted by Gasteiger charge is 2.19. The van der Waals surface area contributed by atoms with Crippen molar-refractivity contribution in [2.45, 2.75) is 13.2 Å². The minimum atomic E-state index is -0.474. The summed E-state index contributed by atoms with van der Waals surface area (Å²) in [6.45, 7) is 0.633. The van der Waals surface area contributed by atoms with Crippen molar-refractivity contribution in [2.75, 3.05) is 20.8 Å². The molecule has 0 unspecified atom stereocenters. The number of methoxy groups -OCH3 is 2. The number of hydrogen-bond donors (Lipinski definition) is 0. The molecule has 6 heteroatoms. The molecule has 0 spiro atoms. The summed E-state index contributed by atoms with van der Waals surface area (Å²) in [6, 6.07) is 14.2. The highest BCUT2D eigenvalue weighted by atomic mass is 35.5. The van der Waals surface area contributed by atoms with E-state index in [1.165, 1.54) is 12.0 Å². The highest BCUT2D eigenvalue weighted by molar-refractivity contribution is 6.30. The van der Waals surface area contributed by atoms with Crippen LogP contribution in [0.1, 0.15) is 21.5 Å². The van der Waals surface area contributed by atoms with Crippen LogP contribution in [0.3, 0.4) is 0 Å². The van der Waals surface area contributed by atoms with E-state index in [2.05, 4.69) is 0 Å². The Morgan fingerprint density at radius 3 is 2.12 bits per heavy atom. The second-order valence-corrected chi connectivity index (χ2v) is 5.93. The fraction of sp³-hybridized carbons (Fsp3) is 0.263. The van der Waals surface area contributed by atoms with E-state index in [1.807, 2.05) is 24.3 Å². The maximum atomic E-state index is 12.8. The fourth-order valence-corrected chi connectivity index (χ4v) is 2.45. The number of ether oxygens (including phenoxy) is 2. The van der Waals surface area contributed by atoms with Gasteiger partial charge in [0.25, 0.3) is 5.91 Å². The van der Waals surface area contributed by atoms with Crippen LogP contribution in [0, 0.1) is 0 Å². The predicted molar refractivity (Wildman–Crippen MR) is 95.4 cm³/mol. The zero-order valence-corrected chi connectivity index (χ0v) is 15.0. The minimum absolute atomic E-state index is 0.127. The second kappa shape index (κ2) is 9.20. The van der Waals surface area contributed by atoms with Gasteiger partial charge in [0.05, 0.1) is 13.7 Å². The van der Waals surface area contributed by atoms with Gasteiger partial charge in [-0.15, -0.1) is 0 Å². The molecule has 0 fully saturated rings. The van der Waals surface area contributed by atoms with Crippen molar-refractivity contribution in [1.29, 1.82) is 0 Å². The maximum Gasteiger partial charge on any atom is 0.325 e. The van der Waals surface area contributed by atoms with Gasteiger partial charge < -0.3 is 14.4 Å². The Bertz CT molecular complexity index is 713. The highest BCUT2D eigenvalue weighted by Crippen LogP contribution is 2.14. The first-order valence-electron chi connectivity index (χ1n) is 7.72. The van der Waals surface area contributed by atoms with Crippen LogP contribution < -0.4 is 0 Å². The molecule has 0 aliphatic heterocycles. The largest absolute Gasteiger partial charge is 0.468 e. The van der Waals surface area contributed by atoms with Crippen molar-refractivity contribution in [3.05, 3.63) is 70.2 Å². The van der Waals surface area contributed by atoms with Crippen molar-refractivity contribution in [3.8, 4) is 0 Å². The number of carbonyl (C=O) groups is 2. The molecular weight excluding hydrogens is 342 g/mol. The molecule has 0 heterocycles. The number of nitrogens with zero attached hydrogens (tertiary/aromatic N) is 1. The number of esters is 1. The molecule has 2 aromatic rings. The summed E-state index contributed by atoms with van der Waals surface area (Å²) in [5, 5.41) is 0.614. The van der Waals surface area contributed by atoms with Crippen LogP contribution in [0.15, 0.2) is 48.5 Å². The Hall–Kier alpha value is -2.37. The summed E-state index contributed by atoms with van der Waals surface area (Å²) in [4.78, 5) is 25.9. The first-order valence-corrected chi connectivity index (χ1v) is 8.09. The van der Waals surface area contributed by atoms with E-state index in [0.29, 0.717) is 17.2 Å². The number of halogens is 1. The van der Waals surface area contributed by atoms with Crippen LogP contribution in [0.25, 0.3) is 0 Å². The molecule has 25 heavy (non-hydrogen) atoms. The van der Waals surface area contributed by atoms with Crippen LogP contribution >= 0.6 is 11.6 Å². The van der Waals surface area contributed by atoms with Crippen molar-refractivity contribution in [1.82, 2.24) is 4.90 Å². The van der Waals surface area contributed by atoms with Gasteiger partial charge in [-0.2, -0.15) is 0 Å². The number of carbonyl (C=O) groups excluding carboxylic acids is 2. The van der Waals surface area contributed by atoms with Gasteiger partial charge in [0.15, 0.2) is 0 Å². The summed E-state index contributed by atoms with van der Waals surface area (Å²) in [6.07, 6.45) is 0. The standard InChI is InChI=1S/C19H20ClNO4/c1-24-13-15-3-7-16(8-4-15)19(23)21(12-18(22)25-2)11-14-5-9-17(20)10-6-14/h3-10H,11-13H2,1-2H3. The van der Waals surface area contributed by atoms with Gasteiger partial charge in [-0.05, 0) is 35.4 Å². The smallest absolute Gasteiger partial charge is 0.325 e. The van der Waals surface area contributed by atoms with Gasteiger partial charge in [-0.25, -0.2) is 0 Å². The molecule has 132 valence electrons. The Morgan fingerprint density at radius 2 is 1.56 bits per heavy atom. The quantitative estimate of drug-likeness (QED) is 0.710. The number of hydrogen-bond acceptors (Lipinski definition) is 4. The maximum absolute atomic E-state index is 12.8. The zero-order chi connectivity index (χ0) is 18.2. The van der Waals surface area contributed by atoms with Gasteiger partial charge in [0.1, 0.15) is 6.54 Å². The second-order valence-electron chi connectivity index (χ2n) is 5.49. The Kier molecular flexibility index (Phi) is 6.98. The predicted octanol–water partition coefficient (Wildman–Crippen LogP) is 3.30. The van der Waals surface area contributed by atoms with E-state index in [1.54, 1.807) is 31.4 Å². The van der Waals surface area contributed by atoms with Crippen LogP contribution in [0.4, 0.5) is 0 Å². The number of amides is 1. The average Bonchev–Trinajstić information content (AvgIpc) is 2.63. The molecule has 5 nitrogen and oxygen atoms in total. The lowest BCUT2D eigenvalue weighted by molar-refractivity contribution is -0.141. The van der Waals surface area contributed by atoms with Gasteiger partial charge in [0, 0.05) is 24.2 Å². The third kappa shape index (κ3) is 5.59. The van der Waals surface area contributed by atoms with E-state index in [4.69, 9.17) is 21.1 Å². The molecule has 0 saturated carbocycles. The number of rotatable bonds is 7. The molecule has 1 amide bonds. The molecule has 0 atom stereocenters. The van der Waals surface area contributed by atoms with Gasteiger partial charge >= 0.3 is 5.97 Å². The summed E-state index contributed by atoms with van der Waals surface area (Å²) >= 11 is 5.89. The van der Waals surface area contributed by atoms with Gasteiger partial charge in [-0.1, -0.05) is 35.9 Å². The van der Waals surface area contributed by atoms with E-state index in [-0.39, 0.29) is 19.0 Å². The normalized spacial score (nSPS) is 10.4. The molecule has 0 radical (unpaired) electrons. The summed E-state index contributed by atoms with van der Waals surface area (Å²) < 4.78 is 9.77. The first kappa shape index (κ1) is 19.0.